The Morgan fingerprint density at radius 3 is 2.54 bits per heavy atom. The Bertz CT molecular complexity index is 832. The number of carbonyl (C=O) groups excluding carboxylic acids is 1. The van der Waals surface area contributed by atoms with Crippen LogP contribution in [0, 0.1) is 18.3 Å². The second kappa shape index (κ2) is 7.28. The van der Waals surface area contributed by atoms with E-state index in [1.165, 1.54) is 0 Å². The Morgan fingerprint density at radius 1 is 1.27 bits per heavy atom. The molecule has 0 spiro atoms. The average Bonchev–Trinajstić information content (AvgIpc) is 3.12. The summed E-state index contributed by atoms with van der Waals surface area (Å²) in [6.07, 6.45) is 5.67. The van der Waals surface area contributed by atoms with Gasteiger partial charge in [-0.05, 0) is 56.7 Å². The highest BCUT2D eigenvalue weighted by Gasteiger charge is 2.38. The maximum atomic E-state index is 12.9. The molecule has 2 saturated carbocycles. The molecule has 1 amide bonds. The van der Waals surface area contributed by atoms with Crippen LogP contribution in [0.3, 0.4) is 0 Å². The molecule has 0 saturated heterocycles. The van der Waals surface area contributed by atoms with Gasteiger partial charge in [0.25, 0.3) is 0 Å². The van der Waals surface area contributed by atoms with Gasteiger partial charge >= 0.3 is 0 Å². The van der Waals surface area contributed by atoms with Crippen molar-refractivity contribution < 1.29 is 13.2 Å². The first-order valence-electron chi connectivity index (χ1n) is 9.17. The van der Waals surface area contributed by atoms with E-state index < -0.39 is 15.4 Å². The molecule has 3 rings (SSSR count). The molecule has 2 N–H and O–H groups in total. The number of hydrogen-bond acceptors (Lipinski definition) is 5. The summed E-state index contributed by atoms with van der Waals surface area (Å²) >= 11 is 0. The Labute approximate surface area is 154 Å². The van der Waals surface area contributed by atoms with Crippen molar-refractivity contribution in [3.8, 4) is 6.07 Å². The zero-order chi connectivity index (χ0) is 18.8. The minimum absolute atomic E-state index is 0.00933. The molecular weight excluding hydrogens is 350 g/mol. The van der Waals surface area contributed by atoms with Gasteiger partial charge < -0.3 is 10.6 Å². The first-order chi connectivity index (χ1) is 12.4. The molecule has 2 fully saturated rings. The third-order valence-electron chi connectivity index (χ3n) is 5.49. The van der Waals surface area contributed by atoms with Gasteiger partial charge in [0.2, 0.25) is 5.91 Å². The molecule has 0 bridgehead atoms. The number of nitriles is 1. The summed E-state index contributed by atoms with van der Waals surface area (Å²) in [5.41, 5.74) is 0.606. The fourth-order valence-corrected chi connectivity index (χ4v) is 5.80. The molecule has 0 heterocycles. The van der Waals surface area contributed by atoms with Gasteiger partial charge in [-0.3, -0.25) is 4.79 Å². The Balaban J connectivity index is 1.68. The van der Waals surface area contributed by atoms with Crippen LogP contribution in [0.25, 0.3) is 0 Å². The van der Waals surface area contributed by atoms with Crippen molar-refractivity contribution in [2.45, 2.75) is 67.6 Å². The lowest BCUT2D eigenvalue weighted by Gasteiger charge is -2.35. The number of anilines is 1. The Hall–Kier alpha value is -2.07. The van der Waals surface area contributed by atoms with E-state index in [9.17, 15) is 18.5 Å². The summed E-state index contributed by atoms with van der Waals surface area (Å²) in [5.74, 6) is -0.257. The summed E-state index contributed by atoms with van der Waals surface area (Å²) in [7, 11) is -3.34. The SMILES string of the molecule is Cc1ccc(NCC(=O)NC2(C#N)CCC2)cc1S(=O)(=O)C1CCCC1. The predicted octanol–water partition coefficient (Wildman–Crippen LogP) is 2.69. The van der Waals surface area contributed by atoms with Crippen molar-refractivity contribution in [1.82, 2.24) is 5.32 Å². The van der Waals surface area contributed by atoms with Gasteiger partial charge in [0, 0.05) is 5.69 Å². The third-order valence-corrected chi connectivity index (χ3v) is 7.89. The monoisotopic (exact) mass is 375 g/mol. The van der Waals surface area contributed by atoms with Crippen LogP contribution in [0.5, 0.6) is 0 Å². The summed E-state index contributed by atoms with van der Waals surface area (Å²) in [6.45, 7) is 1.81. The summed E-state index contributed by atoms with van der Waals surface area (Å²) < 4.78 is 25.8. The van der Waals surface area contributed by atoms with Crippen molar-refractivity contribution in [1.29, 1.82) is 5.26 Å². The molecule has 140 valence electrons. The van der Waals surface area contributed by atoms with Crippen molar-refractivity contribution in [3.05, 3.63) is 23.8 Å². The number of carbonyl (C=O) groups is 1. The lowest BCUT2D eigenvalue weighted by atomic mass is 9.78. The van der Waals surface area contributed by atoms with Gasteiger partial charge in [0.15, 0.2) is 9.84 Å². The van der Waals surface area contributed by atoms with Gasteiger partial charge in [-0.25, -0.2) is 8.42 Å². The summed E-state index contributed by atoms with van der Waals surface area (Å²) in [5, 5.41) is 14.6. The molecule has 0 unspecified atom stereocenters. The van der Waals surface area contributed by atoms with Gasteiger partial charge in [-0.15, -0.1) is 0 Å². The smallest absolute Gasteiger partial charge is 0.240 e. The number of amides is 1. The number of rotatable bonds is 6. The van der Waals surface area contributed by atoms with Crippen LogP contribution in [0.4, 0.5) is 5.69 Å². The van der Waals surface area contributed by atoms with Crippen molar-refractivity contribution in [2.75, 3.05) is 11.9 Å². The number of aryl methyl sites for hydroxylation is 1. The van der Waals surface area contributed by atoms with E-state index >= 15 is 0 Å². The molecular formula is C19H25N3O3S. The van der Waals surface area contributed by atoms with Crippen LogP contribution in [0.15, 0.2) is 23.1 Å². The molecule has 0 aromatic heterocycles. The highest BCUT2D eigenvalue weighted by atomic mass is 32.2. The molecule has 6 nitrogen and oxygen atoms in total. The van der Waals surface area contributed by atoms with Crippen LogP contribution < -0.4 is 10.6 Å². The van der Waals surface area contributed by atoms with E-state index in [-0.39, 0.29) is 17.7 Å². The maximum absolute atomic E-state index is 12.9. The zero-order valence-corrected chi connectivity index (χ0v) is 15.9. The van der Waals surface area contributed by atoms with Gasteiger partial charge in [-0.1, -0.05) is 18.9 Å². The first kappa shape index (κ1) is 18.7. The Kier molecular flexibility index (Phi) is 5.24. The Morgan fingerprint density at radius 2 is 1.96 bits per heavy atom. The van der Waals surface area contributed by atoms with Crippen LogP contribution in [0.2, 0.25) is 0 Å². The minimum Gasteiger partial charge on any atom is -0.376 e. The predicted molar refractivity (Wildman–Crippen MR) is 99.4 cm³/mol. The second-order valence-corrected chi connectivity index (χ2v) is 9.58. The van der Waals surface area contributed by atoms with E-state index in [2.05, 4.69) is 16.7 Å². The first-order valence-corrected chi connectivity index (χ1v) is 10.7. The lowest BCUT2D eigenvalue weighted by Crippen LogP contribution is -2.53. The molecule has 0 radical (unpaired) electrons. The number of benzene rings is 1. The van der Waals surface area contributed by atoms with Crippen LogP contribution >= 0.6 is 0 Å². The van der Waals surface area contributed by atoms with E-state index in [0.29, 0.717) is 23.4 Å². The lowest BCUT2D eigenvalue weighted by molar-refractivity contribution is -0.121. The fourth-order valence-electron chi connectivity index (χ4n) is 3.68. The maximum Gasteiger partial charge on any atom is 0.240 e. The highest BCUT2D eigenvalue weighted by Crippen LogP contribution is 2.32. The topological polar surface area (TPSA) is 99.1 Å². The molecule has 1 aromatic rings. The van der Waals surface area contributed by atoms with E-state index in [1.807, 2.05) is 0 Å². The summed E-state index contributed by atoms with van der Waals surface area (Å²) in [6, 6.07) is 7.34. The van der Waals surface area contributed by atoms with Crippen molar-refractivity contribution in [3.63, 3.8) is 0 Å². The molecule has 0 atom stereocenters. The number of sulfone groups is 1. The largest absolute Gasteiger partial charge is 0.376 e. The van der Waals surface area contributed by atoms with Crippen molar-refractivity contribution >= 4 is 21.4 Å². The second-order valence-electron chi connectivity index (χ2n) is 7.38. The molecule has 7 heteroatoms. The number of nitrogens with one attached hydrogen (secondary N) is 2. The van der Waals surface area contributed by atoms with Gasteiger partial charge in [0.05, 0.1) is 22.8 Å². The number of nitrogens with zero attached hydrogens (tertiary/aromatic N) is 1. The van der Waals surface area contributed by atoms with Crippen LogP contribution in [0.1, 0.15) is 50.5 Å². The third kappa shape index (κ3) is 3.70. The van der Waals surface area contributed by atoms with Crippen molar-refractivity contribution in [2.24, 2.45) is 0 Å². The zero-order valence-electron chi connectivity index (χ0n) is 15.0. The average molecular weight is 375 g/mol. The molecule has 2 aliphatic rings. The summed E-state index contributed by atoms with van der Waals surface area (Å²) in [4.78, 5) is 12.4. The van der Waals surface area contributed by atoms with Gasteiger partial charge in [0.1, 0.15) is 5.54 Å². The van der Waals surface area contributed by atoms with Crippen LogP contribution in [-0.4, -0.2) is 31.7 Å². The minimum atomic E-state index is -3.34. The molecule has 0 aliphatic heterocycles. The standard InChI is InChI=1S/C19H25N3O3S/c1-14-7-8-15(11-17(14)26(24,25)16-5-2-3-6-16)21-12-18(23)22-19(13-20)9-4-10-19/h7-8,11,16,21H,2-6,9-10,12H2,1H3,(H,22,23). The fraction of sp³-hybridized carbons (Fsp3) is 0.579. The highest BCUT2D eigenvalue weighted by molar-refractivity contribution is 7.92. The molecule has 2 aliphatic carbocycles. The van der Waals surface area contributed by atoms with E-state index in [4.69, 9.17) is 0 Å². The van der Waals surface area contributed by atoms with Crippen LogP contribution in [-0.2, 0) is 14.6 Å². The number of hydrogen-bond donors (Lipinski definition) is 2. The van der Waals surface area contributed by atoms with E-state index in [1.54, 1.807) is 25.1 Å². The van der Waals surface area contributed by atoms with E-state index in [0.717, 1.165) is 37.7 Å². The normalized spacial score (nSPS) is 19.4. The molecule has 1 aromatic carbocycles. The van der Waals surface area contributed by atoms with Gasteiger partial charge in [-0.2, -0.15) is 5.26 Å². The quantitative estimate of drug-likeness (QED) is 0.796. The molecule has 26 heavy (non-hydrogen) atoms.